The van der Waals surface area contributed by atoms with Crippen molar-refractivity contribution in [2.75, 3.05) is 13.2 Å². The van der Waals surface area contributed by atoms with Crippen LogP contribution >= 0.6 is 15.9 Å². The minimum Gasteiger partial charge on any atom is -0.466 e. The number of amides is 1. The Balaban J connectivity index is 2.08. The first-order valence-corrected chi connectivity index (χ1v) is 11.9. The van der Waals surface area contributed by atoms with Crippen molar-refractivity contribution in [1.82, 2.24) is 14.5 Å². The highest BCUT2D eigenvalue weighted by molar-refractivity contribution is 9.10. The van der Waals surface area contributed by atoms with Gasteiger partial charge in [0.15, 0.2) is 0 Å². The fraction of sp³-hybridized carbons (Fsp3) is 0.360. The number of halogens is 1. The number of aromatic nitrogens is 2. The van der Waals surface area contributed by atoms with Gasteiger partial charge in [0.1, 0.15) is 5.82 Å². The summed E-state index contributed by atoms with van der Waals surface area (Å²) in [4.78, 5) is 44.9. The number of nitrogens with zero attached hydrogens (tertiary/aromatic N) is 3. The third-order valence-electron chi connectivity index (χ3n) is 5.36. The van der Waals surface area contributed by atoms with E-state index in [4.69, 9.17) is 9.72 Å². The molecule has 1 amide bonds. The maximum Gasteiger partial charge on any atom is 0.306 e. The lowest BCUT2D eigenvalue weighted by molar-refractivity contribution is -0.146. The second-order valence-electron chi connectivity index (χ2n) is 7.67. The zero-order chi connectivity index (χ0) is 24.0. The largest absolute Gasteiger partial charge is 0.466 e. The number of rotatable bonds is 9. The highest BCUT2D eigenvalue weighted by Gasteiger charge is 2.26. The maximum absolute atomic E-state index is 13.5. The smallest absolute Gasteiger partial charge is 0.306 e. The molecular formula is C25H28BrN3O4. The maximum atomic E-state index is 13.5. The molecule has 0 N–H and O–H groups in total. The average molecular weight is 514 g/mol. The normalized spacial score (nSPS) is 11.9. The summed E-state index contributed by atoms with van der Waals surface area (Å²) in [7, 11) is 0. The Kier molecular flexibility index (Phi) is 8.38. The summed E-state index contributed by atoms with van der Waals surface area (Å²) in [5, 5.41) is 0.507. The van der Waals surface area contributed by atoms with Crippen LogP contribution in [-0.2, 0) is 14.3 Å². The molecule has 7 nitrogen and oxygen atoms in total. The van der Waals surface area contributed by atoms with E-state index < -0.39 is 12.0 Å². The van der Waals surface area contributed by atoms with Gasteiger partial charge in [-0.05, 0) is 56.7 Å². The lowest BCUT2D eigenvalue weighted by Crippen LogP contribution is -2.38. The second-order valence-corrected chi connectivity index (χ2v) is 8.59. The summed E-state index contributed by atoms with van der Waals surface area (Å²) in [5.74, 6) is -0.105. The van der Waals surface area contributed by atoms with Gasteiger partial charge in [0.2, 0.25) is 5.91 Å². The number of ether oxygens (including phenoxy) is 1. The van der Waals surface area contributed by atoms with E-state index in [1.165, 1.54) is 0 Å². The van der Waals surface area contributed by atoms with Gasteiger partial charge < -0.3 is 9.64 Å². The van der Waals surface area contributed by atoms with E-state index in [9.17, 15) is 14.4 Å². The first kappa shape index (κ1) is 24.6. The molecule has 0 spiro atoms. The molecule has 0 radical (unpaired) electrons. The van der Waals surface area contributed by atoms with Crippen molar-refractivity contribution in [1.29, 1.82) is 0 Å². The topological polar surface area (TPSA) is 81.5 Å². The number of esters is 1. The van der Waals surface area contributed by atoms with Gasteiger partial charge in [0.05, 0.1) is 35.7 Å². The second kappa shape index (κ2) is 11.2. The fourth-order valence-corrected chi connectivity index (χ4v) is 4.03. The van der Waals surface area contributed by atoms with Crippen molar-refractivity contribution in [3.8, 4) is 5.69 Å². The van der Waals surface area contributed by atoms with Crippen LogP contribution in [0.4, 0.5) is 0 Å². The van der Waals surface area contributed by atoms with Crippen molar-refractivity contribution in [2.45, 2.75) is 46.1 Å². The van der Waals surface area contributed by atoms with Gasteiger partial charge in [-0.1, -0.05) is 35.0 Å². The fourth-order valence-electron chi connectivity index (χ4n) is 3.77. The summed E-state index contributed by atoms with van der Waals surface area (Å²) in [5.41, 5.74) is 1.05. The van der Waals surface area contributed by atoms with Gasteiger partial charge in [-0.3, -0.25) is 19.0 Å². The number of carbonyl (C=O) groups is 2. The molecule has 0 saturated heterocycles. The van der Waals surface area contributed by atoms with Crippen molar-refractivity contribution in [3.05, 3.63) is 69.2 Å². The molecular weight excluding hydrogens is 486 g/mol. The lowest BCUT2D eigenvalue weighted by Gasteiger charge is -2.30. The van der Waals surface area contributed by atoms with Gasteiger partial charge >= 0.3 is 5.97 Å². The molecule has 0 aliphatic rings. The van der Waals surface area contributed by atoms with E-state index >= 15 is 0 Å². The molecule has 1 heterocycles. The first-order valence-electron chi connectivity index (χ1n) is 11.1. The van der Waals surface area contributed by atoms with Crippen molar-refractivity contribution < 1.29 is 14.3 Å². The number of fused-ring (bicyclic) bond motifs is 1. The standard InChI is InChI=1S/C25H28BrN3O4/c1-4-16-28(22(30)14-15-23(31)33-5-2)17(3)24-27-21-9-7-6-8-20(21)25(32)29(24)19-12-10-18(26)11-13-19/h6-13,17H,4-5,14-16H2,1-3H3. The molecule has 2 aromatic carbocycles. The van der Waals surface area contributed by atoms with Gasteiger partial charge in [-0.25, -0.2) is 4.98 Å². The van der Waals surface area contributed by atoms with E-state index in [1.807, 2.05) is 50.2 Å². The minimum absolute atomic E-state index is 0.0181. The van der Waals surface area contributed by atoms with Gasteiger partial charge in [-0.15, -0.1) is 0 Å². The van der Waals surface area contributed by atoms with Crippen molar-refractivity contribution >= 4 is 38.7 Å². The van der Waals surface area contributed by atoms with Gasteiger partial charge in [-0.2, -0.15) is 0 Å². The summed E-state index contributed by atoms with van der Waals surface area (Å²) >= 11 is 3.43. The van der Waals surface area contributed by atoms with E-state index in [2.05, 4.69) is 15.9 Å². The van der Waals surface area contributed by atoms with E-state index in [1.54, 1.807) is 28.5 Å². The lowest BCUT2D eigenvalue weighted by atomic mass is 10.1. The monoisotopic (exact) mass is 513 g/mol. The predicted octanol–water partition coefficient (Wildman–Crippen LogP) is 4.79. The van der Waals surface area contributed by atoms with Crippen molar-refractivity contribution in [3.63, 3.8) is 0 Å². The van der Waals surface area contributed by atoms with Gasteiger partial charge in [0, 0.05) is 17.4 Å². The highest BCUT2D eigenvalue weighted by atomic mass is 79.9. The van der Waals surface area contributed by atoms with E-state index in [0.29, 0.717) is 29.0 Å². The zero-order valence-electron chi connectivity index (χ0n) is 19.1. The Morgan fingerprint density at radius 1 is 1.09 bits per heavy atom. The molecule has 0 bridgehead atoms. The summed E-state index contributed by atoms with van der Waals surface area (Å²) in [6, 6.07) is 14.1. The predicted molar refractivity (Wildman–Crippen MR) is 131 cm³/mol. The molecule has 1 atom stereocenters. The third kappa shape index (κ3) is 5.68. The van der Waals surface area contributed by atoms with Crippen LogP contribution in [0.2, 0.25) is 0 Å². The molecule has 1 aromatic heterocycles. The molecule has 0 aliphatic carbocycles. The highest BCUT2D eigenvalue weighted by Crippen LogP contribution is 2.24. The first-order chi connectivity index (χ1) is 15.9. The SMILES string of the molecule is CCCN(C(=O)CCC(=O)OCC)C(C)c1nc2ccccc2c(=O)n1-c1ccc(Br)cc1. The molecule has 174 valence electrons. The molecule has 1 unspecified atom stereocenters. The van der Waals surface area contributed by atoms with Crippen LogP contribution < -0.4 is 5.56 Å². The Morgan fingerprint density at radius 3 is 2.45 bits per heavy atom. The van der Waals surface area contributed by atoms with Crippen LogP contribution in [0.25, 0.3) is 16.6 Å². The van der Waals surface area contributed by atoms with Crippen LogP contribution in [0, 0.1) is 0 Å². The van der Waals surface area contributed by atoms with E-state index in [0.717, 1.165) is 10.9 Å². The van der Waals surface area contributed by atoms with Crippen LogP contribution in [0.3, 0.4) is 0 Å². The van der Waals surface area contributed by atoms with Crippen LogP contribution in [-0.4, -0.2) is 39.5 Å². The number of benzene rings is 2. The Labute approximate surface area is 201 Å². The average Bonchev–Trinajstić information content (AvgIpc) is 2.81. The Bertz CT molecular complexity index is 1190. The summed E-state index contributed by atoms with van der Waals surface area (Å²) in [6.07, 6.45) is 0.787. The summed E-state index contributed by atoms with van der Waals surface area (Å²) < 4.78 is 7.42. The Hall–Kier alpha value is -3.00. The van der Waals surface area contributed by atoms with Crippen molar-refractivity contribution in [2.24, 2.45) is 0 Å². The van der Waals surface area contributed by atoms with E-state index in [-0.39, 0.29) is 30.9 Å². The number of carbonyl (C=O) groups excluding carboxylic acids is 2. The van der Waals surface area contributed by atoms with Crippen LogP contribution in [0.5, 0.6) is 0 Å². The molecule has 0 saturated carbocycles. The molecule has 0 aliphatic heterocycles. The minimum atomic E-state index is -0.486. The van der Waals surface area contributed by atoms with Crippen LogP contribution in [0.1, 0.15) is 51.9 Å². The molecule has 8 heteroatoms. The van der Waals surface area contributed by atoms with Crippen LogP contribution in [0.15, 0.2) is 57.8 Å². The molecule has 0 fully saturated rings. The number of hydrogen-bond acceptors (Lipinski definition) is 5. The molecule has 3 aromatic rings. The third-order valence-corrected chi connectivity index (χ3v) is 5.89. The summed E-state index contributed by atoms with van der Waals surface area (Å²) in [6.45, 7) is 6.34. The molecule has 33 heavy (non-hydrogen) atoms. The Morgan fingerprint density at radius 2 is 1.79 bits per heavy atom. The molecule has 3 rings (SSSR count). The van der Waals surface area contributed by atoms with Gasteiger partial charge in [0.25, 0.3) is 5.56 Å². The zero-order valence-corrected chi connectivity index (χ0v) is 20.7. The number of para-hydroxylation sites is 1. The quantitative estimate of drug-likeness (QED) is 0.384. The number of hydrogen-bond donors (Lipinski definition) is 0.